The number of hydrogen-bond donors (Lipinski definition) is 1. The smallest absolute Gasteiger partial charge is 0.435 e. The molecule has 6 nitrogen and oxygen atoms in total. The Balaban J connectivity index is 1.45. The van der Waals surface area contributed by atoms with Gasteiger partial charge in [-0.15, -0.1) is 0 Å². The number of carbonyl (C=O) groups is 1. The second-order valence-corrected chi connectivity index (χ2v) is 7.47. The van der Waals surface area contributed by atoms with E-state index in [-0.39, 0.29) is 25.5 Å². The van der Waals surface area contributed by atoms with E-state index < -0.39 is 17.8 Å². The molecule has 0 aliphatic rings. The van der Waals surface area contributed by atoms with Crippen LogP contribution in [0.1, 0.15) is 34.1 Å². The number of aryl methyl sites for hydroxylation is 2. The molecule has 0 saturated heterocycles. The maximum Gasteiger partial charge on any atom is 0.435 e. The second-order valence-electron chi connectivity index (χ2n) is 6.63. The molecular formula is C20H18Cl2F3N3O3. The Bertz CT molecular complexity index is 1060. The summed E-state index contributed by atoms with van der Waals surface area (Å²) >= 11 is 11.9. The summed E-state index contributed by atoms with van der Waals surface area (Å²) in [6, 6.07) is 8.91. The van der Waals surface area contributed by atoms with E-state index in [1.54, 1.807) is 31.2 Å². The molecule has 0 atom stereocenters. The van der Waals surface area contributed by atoms with E-state index in [2.05, 4.69) is 10.4 Å². The fourth-order valence-corrected chi connectivity index (χ4v) is 3.17. The molecule has 3 rings (SSSR count). The standard InChI is InChI=1S/C20H18Cl2F3N3O3/c1-12-9-18(20(23,24)25)27-28(12)8-2-7-26-19(29)17-6-4-14(31-17)11-30-16-5-3-13(21)10-15(16)22/h3-6,9-10H,2,7-8,11H2,1H3,(H,26,29). The van der Waals surface area contributed by atoms with Crippen LogP contribution >= 0.6 is 23.2 Å². The van der Waals surface area contributed by atoms with Gasteiger partial charge < -0.3 is 14.5 Å². The molecule has 0 spiro atoms. The first-order valence-corrected chi connectivity index (χ1v) is 9.95. The quantitative estimate of drug-likeness (QED) is 0.436. The van der Waals surface area contributed by atoms with Crippen molar-refractivity contribution in [3.63, 3.8) is 0 Å². The molecule has 1 amide bonds. The minimum absolute atomic E-state index is 0.0642. The summed E-state index contributed by atoms with van der Waals surface area (Å²) in [5.74, 6) is 0.499. The highest BCUT2D eigenvalue weighted by atomic mass is 35.5. The summed E-state index contributed by atoms with van der Waals surface area (Å²) in [7, 11) is 0. The van der Waals surface area contributed by atoms with Crippen LogP contribution in [0.25, 0.3) is 0 Å². The van der Waals surface area contributed by atoms with Crippen molar-refractivity contribution in [2.24, 2.45) is 0 Å². The average molecular weight is 476 g/mol. The van der Waals surface area contributed by atoms with Gasteiger partial charge in [0.25, 0.3) is 5.91 Å². The normalized spacial score (nSPS) is 11.5. The second kappa shape index (κ2) is 9.65. The Morgan fingerprint density at radius 2 is 2.00 bits per heavy atom. The molecule has 166 valence electrons. The molecule has 2 aromatic heterocycles. The molecule has 0 radical (unpaired) electrons. The van der Waals surface area contributed by atoms with Gasteiger partial charge in [0.2, 0.25) is 0 Å². The number of benzene rings is 1. The number of nitrogens with zero attached hydrogens (tertiary/aromatic N) is 2. The number of rotatable bonds is 8. The van der Waals surface area contributed by atoms with Crippen molar-refractivity contribution in [1.29, 1.82) is 0 Å². The van der Waals surface area contributed by atoms with Gasteiger partial charge in [-0.3, -0.25) is 9.48 Å². The van der Waals surface area contributed by atoms with Crippen molar-refractivity contribution in [3.05, 3.63) is 69.4 Å². The van der Waals surface area contributed by atoms with E-state index in [1.165, 1.54) is 10.7 Å². The van der Waals surface area contributed by atoms with Gasteiger partial charge in [0, 0.05) is 23.8 Å². The zero-order valence-corrected chi connectivity index (χ0v) is 17.8. The number of nitrogens with one attached hydrogen (secondary N) is 1. The Morgan fingerprint density at radius 3 is 2.68 bits per heavy atom. The third kappa shape index (κ3) is 6.18. The third-order valence-electron chi connectivity index (χ3n) is 4.25. The predicted molar refractivity (Wildman–Crippen MR) is 108 cm³/mol. The lowest BCUT2D eigenvalue weighted by atomic mass is 10.3. The Hall–Kier alpha value is -2.65. The van der Waals surface area contributed by atoms with Crippen molar-refractivity contribution in [1.82, 2.24) is 15.1 Å². The summed E-state index contributed by atoms with van der Waals surface area (Å²) < 4.78 is 50.3. The number of aromatic nitrogens is 2. The largest absolute Gasteiger partial charge is 0.484 e. The van der Waals surface area contributed by atoms with Gasteiger partial charge in [0.1, 0.15) is 18.1 Å². The molecule has 31 heavy (non-hydrogen) atoms. The number of halogens is 5. The van der Waals surface area contributed by atoms with Gasteiger partial charge >= 0.3 is 6.18 Å². The molecule has 2 heterocycles. The molecule has 0 aliphatic heterocycles. The van der Waals surface area contributed by atoms with E-state index in [4.69, 9.17) is 32.4 Å². The highest BCUT2D eigenvalue weighted by Crippen LogP contribution is 2.29. The maximum atomic E-state index is 12.7. The van der Waals surface area contributed by atoms with Crippen LogP contribution in [0.3, 0.4) is 0 Å². The first-order chi connectivity index (χ1) is 14.6. The van der Waals surface area contributed by atoms with Crippen molar-refractivity contribution in [2.45, 2.75) is 32.7 Å². The SMILES string of the molecule is Cc1cc(C(F)(F)F)nn1CCCNC(=O)c1ccc(COc2ccc(Cl)cc2Cl)o1. The van der Waals surface area contributed by atoms with Crippen LogP contribution in [-0.2, 0) is 19.3 Å². The monoisotopic (exact) mass is 475 g/mol. The van der Waals surface area contributed by atoms with Gasteiger partial charge in [-0.25, -0.2) is 0 Å². The Morgan fingerprint density at radius 1 is 1.23 bits per heavy atom. The fourth-order valence-electron chi connectivity index (χ4n) is 2.71. The fraction of sp³-hybridized carbons (Fsp3) is 0.300. The lowest BCUT2D eigenvalue weighted by Crippen LogP contribution is -2.25. The summed E-state index contributed by atoms with van der Waals surface area (Å²) in [5.41, 5.74) is -0.533. The first-order valence-electron chi connectivity index (χ1n) is 9.20. The van der Waals surface area contributed by atoms with Crippen molar-refractivity contribution >= 4 is 29.1 Å². The van der Waals surface area contributed by atoms with Crippen LogP contribution < -0.4 is 10.1 Å². The maximum absolute atomic E-state index is 12.7. The average Bonchev–Trinajstić information content (AvgIpc) is 3.31. The van der Waals surface area contributed by atoms with Crippen LogP contribution in [0, 0.1) is 6.92 Å². The summed E-state index contributed by atoms with van der Waals surface area (Å²) in [4.78, 5) is 12.2. The molecular weight excluding hydrogens is 458 g/mol. The number of hydrogen-bond acceptors (Lipinski definition) is 4. The van der Waals surface area contributed by atoms with Crippen LogP contribution in [0.2, 0.25) is 10.0 Å². The van der Waals surface area contributed by atoms with E-state index in [9.17, 15) is 18.0 Å². The highest BCUT2D eigenvalue weighted by molar-refractivity contribution is 6.35. The van der Waals surface area contributed by atoms with Crippen LogP contribution in [0.15, 0.2) is 40.8 Å². The van der Waals surface area contributed by atoms with E-state index in [1.807, 2.05) is 0 Å². The van der Waals surface area contributed by atoms with Gasteiger partial charge in [0.05, 0.1) is 5.02 Å². The van der Waals surface area contributed by atoms with Gasteiger partial charge in [-0.1, -0.05) is 23.2 Å². The Kier molecular flexibility index (Phi) is 7.17. The Labute approximate surface area is 185 Å². The minimum atomic E-state index is -4.48. The van der Waals surface area contributed by atoms with Gasteiger partial charge in [-0.2, -0.15) is 18.3 Å². The molecule has 1 aromatic carbocycles. The predicted octanol–water partition coefficient (Wildman–Crippen LogP) is 5.51. The zero-order valence-electron chi connectivity index (χ0n) is 16.3. The van der Waals surface area contributed by atoms with E-state index >= 15 is 0 Å². The van der Waals surface area contributed by atoms with Crippen LogP contribution in [-0.4, -0.2) is 22.2 Å². The van der Waals surface area contributed by atoms with E-state index in [0.717, 1.165) is 6.07 Å². The molecule has 1 N–H and O–H groups in total. The van der Waals surface area contributed by atoms with Gasteiger partial charge in [0.15, 0.2) is 11.5 Å². The molecule has 3 aromatic rings. The molecule has 0 unspecified atom stereocenters. The number of amides is 1. The summed E-state index contributed by atoms with van der Waals surface area (Å²) in [6.45, 7) is 2.09. The first kappa shape index (κ1) is 23.0. The molecule has 0 saturated carbocycles. The number of carbonyl (C=O) groups excluding carboxylic acids is 1. The number of ether oxygens (including phenoxy) is 1. The lowest BCUT2D eigenvalue weighted by Gasteiger charge is -2.07. The van der Waals surface area contributed by atoms with Crippen LogP contribution in [0.5, 0.6) is 5.75 Å². The molecule has 0 fully saturated rings. The summed E-state index contributed by atoms with van der Waals surface area (Å²) in [6.07, 6.45) is -4.08. The number of furan rings is 1. The third-order valence-corrected chi connectivity index (χ3v) is 4.78. The zero-order chi connectivity index (χ0) is 22.6. The van der Waals surface area contributed by atoms with Gasteiger partial charge in [-0.05, 0) is 49.7 Å². The molecule has 0 aliphatic carbocycles. The van der Waals surface area contributed by atoms with Crippen molar-refractivity contribution < 1.29 is 27.1 Å². The molecule has 0 bridgehead atoms. The van der Waals surface area contributed by atoms with E-state index in [0.29, 0.717) is 33.7 Å². The lowest BCUT2D eigenvalue weighted by molar-refractivity contribution is -0.141. The van der Waals surface area contributed by atoms with Crippen molar-refractivity contribution in [3.8, 4) is 5.75 Å². The summed E-state index contributed by atoms with van der Waals surface area (Å²) in [5, 5.41) is 7.04. The van der Waals surface area contributed by atoms with Crippen molar-refractivity contribution in [2.75, 3.05) is 6.54 Å². The minimum Gasteiger partial charge on any atom is -0.484 e. The molecule has 11 heteroatoms. The topological polar surface area (TPSA) is 69.3 Å². The highest BCUT2D eigenvalue weighted by Gasteiger charge is 2.34. The van der Waals surface area contributed by atoms with Crippen LogP contribution in [0.4, 0.5) is 13.2 Å². The number of alkyl halides is 3.